The van der Waals surface area contributed by atoms with Gasteiger partial charge in [0.1, 0.15) is 5.69 Å². The number of allylic oxidation sites excluding steroid dienone is 1. The minimum absolute atomic E-state index is 0.161. The summed E-state index contributed by atoms with van der Waals surface area (Å²) in [5.41, 5.74) is 6.26. The second kappa shape index (κ2) is 14.1. The highest BCUT2D eigenvalue weighted by Crippen LogP contribution is 2.41. The number of benzene rings is 3. The van der Waals surface area contributed by atoms with Crippen LogP contribution in [0.1, 0.15) is 59.9 Å². The van der Waals surface area contributed by atoms with Gasteiger partial charge in [0, 0.05) is 45.8 Å². The number of carbonyl (C=O) groups excluding carboxylic acids is 1. The Morgan fingerprint density at radius 3 is 2.45 bits per heavy atom. The molecule has 5 aromatic rings. The van der Waals surface area contributed by atoms with Crippen LogP contribution in [0, 0.1) is 0 Å². The zero-order chi connectivity index (χ0) is 33.1. The summed E-state index contributed by atoms with van der Waals surface area (Å²) in [4.78, 5) is 26.7. The maximum Gasteiger partial charge on any atom is 0.272 e. The second-order valence-electron chi connectivity index (χ2n) is 11.8. The molecule has 3 aromatic carbocycles. The molecule has 1 atom stereocenters. The number of aliphatic hydroxyl groups excluding tert-OH is 1. The van der Waals surface area contributed by atoms with Crippen molar-refractivity contribution in [2.24, 2.45) is 0 Å². The average Bonchev–Trinajstić information content (AvgIpc) is 3.46. The first-order valence-electron chi connectivity index (χ1n) is 15.7. The van der Waals surface area contributed by atoms with Crippen LogP contribution >= 0.6 is 23.2 Å². The third-order valence-electron chi connectivity index (χ3n) is 8.81. The Bertz CT molecular complexity index is 1930. The third kappa shape index (κ3) is 6.79. The molecule has 0 saturated carbocycles. The molecule has 3 N–H and O–H groups in total. The van der Waals surface area contributed by atoms with Crippen molar-refractivity contribution in [3.63, 3.8) is 0 Å². The van der Waals surface area contributed by atoms with Crippen LogP contribution in [0.2, 0.25) is 10.0 Å². The summed E-state index contributed by atoms with van der Waals surface area (Å²) < 4.78 is 0. The van der Waals surface area contributed by atoms with E-state index < -0.39 is 0 Å². The van der Waals surface area contributed by atoms with Gasteiger partial charge in [0.15, 0.2) is 5.82 Å². The first-order valence-corrected chi connectivity index (χ1v) is 16.4. The van der Waals surface area contributed by atoms with Crippen LogP contribution in [-0.2, 0) is 0 Å². The zero-order valence-corrected chi connectivity index (χ0v) is 27.9. The lowest BCUT2D eigenvalue weighted by molar-refractivity contribution is 0.102. The molecule has 9 heteroatoms. The van der Waals surface area contributed by atoms with Crippen molar-refractivity contribution in [2.45, 2.75) is 38.8 Å². The van der Waals surface area contributed by atoms with Crippen LogP contribution in [0.4, 0.5) is 11.5 Å². The standard InChI is InChI=1S/C38H37Cl2N5O2/c1-4-45(25(3)27-12-14-28(39)15-13-27)36(24(2)26-9-6-5-7-10-26)34-31-17-16-29(40)23-33(31)42-35(34)38(47)43-32-11-8-20-41-37(32)44-21-18-30(46)19-22-44/h4-17,20,23,25,30,42,46H,1,18-19,21-22H2,2-3H3,(H,43,47)/b36-24+. The minimum Gasteiger partial charge on any atom is -0.393 e. The van der Waals surface area contributed by atoms with E-state index in [2.05, 4.69) is 57.6 Å². The third-order valence-corrected chi connectivity index (χ3v) is 9.30. The van der Waals surface area contributed by atoms with Crippen molar-refractivity contribution in [3.05, 3.63) is 136 Å². The van der Waals surface area contributed by atoms with Gasteiger partial charge in [-0.25, -0.2) is 4.98 Å². The summed E-state index contributed by atoms with van der Waals surface area (Å²) in [5.74, 6) is 0.355. The van der Waals surface area contributed by atoms with E-state index in [1.807, 2.05) is 79.0 Å². The van der Waals surface area contributed by atoms with E-state index in [0.717, 1.165) is 38.9 Å². The van der Waals surface area contributed by atoms with E-state index in [4.69, 9.17) is 23.2 Å². The van der Waals surface area contributed by atoms with Crippen LogP contribution < -0.4 is 10.2 Å². The van der Waals surface area contributed by atoms with Gasteiger partial charge >= 0.3 is 0 Å². The highest BCUT2D eigenvalue weighted by atomic mass is 35.5. The van der Waals surface area contributed by atoms with Gasteiger partial charge in [-0.05, 0) is 86.0 Å². The number of amides is 1. The minimum atomic E-state index is -0.324. The van der Waals surface area contributed by atoms with E-state index in [9.17, 15) is 9.90 Å². The Morgan fingerprint density at radius 1 is 1.04 bits per heavy atom. The number of piperidine rings is 1. The van der Waals surface area contributed by atoms with Gasteiger partial charge in [-0.2, -0.15) is 0 Å². The van der Waals surface area contributed by atoms with Crippen molar-refractivity contribution < 1.29 is 9.90 Å². The Labute approximate surface area is 285 Å². The molecule has 2 aromatic heterocycles. The van der Waals surface area contributed by atoms with E-state index >= 15 is 0 Å². The Kier molecular flexibility index (Phi) is 9.68. The van der Waals surface area contributed by atoms with Crippen LogP contribution in [0.25, 0.3) is 22.2 Å². The molecule has 7 nitrogen and oxygen atoms in total. The normalized spacial score (nSPS) is 14.9. The van der Waals surface area contributed by atoms with E-state index in [1.165, 1.54) is 0 Å². The van der Waals surface area contributed by atoms with Gasteiger partial charge < -0.3 is 25.2 Å². The number of nitrogens with zero attached hydrogens (tertiary/aromatic N) is 3. The average molecular weight is 667 g/mol. The molecular formula is C38H37Cl2N5O2. The Hall–Kier alpha value is -4.56. The first-order chi connectivity index (χ1) is 22.7. The lowest BCUT2D eigenvalue weighted by Gasteiger charge is -2.33. The number of nitrogens with one attached hydrogen (secondary N) is 2. The smallest absolute Gasteiger partial charge is 0.272 e. The van der Waals surface area contributed by atoms with Crippen LogP contribution in [0.15, 0.2) is 104 Å². The molecular weight excluding hydrogens is 629 g/mol. The summed E-state index contributed by atoms with van der Waals surface area (Å²) in [7, 11) is 0. The molecule has 3 heterocycles. The Morgan fingerprint density at radius 2 is 1.74 bits per heavy atom. The number of carbonyl (C=O) groups is 1. The van der Waals surface area contributed by atoms with Crippen molar-refractivity contribution in [3.8, 4) is 0 Å². The Balaban J connectivity index is 1.52. The van der Waals surface area contributed by atoms with Gasteiger partial charge in [-0.1, -0.05) is 78.3 Å². The number of hydrogen-bond acceptors (Lipinski definition) is 5. The topological polar surface area (TPSA) is 84.5 Å². The lowest BCUT2D eigenvalue weighted by Crippen LogP contribution is -2.37. The van der Waals surface area contributed by atoms with Gasteiger partial charge in [0.2, 0.25) is 0 Å². The van der Waals surface area contributed by atoms with Crippen molar-refractivity contribution in [2.75, 3.05) is 23.3 Å². The molecule has 1 fully saturated rings. The van der Waals surface area contributed by atoms with Crippen LogP contribution in [0.5, 0.6) is 0 Å². The number of hydrogen-bond donors (Lipinski definition) is 3. The molecule has 1 saturated heterocycles. The van der Waals surface area contributed by atoms with Crippen molar-refractivity contribution >= 4 is 62.8 Å². The number of halogens is 2. The van der Waals surface area contributed by atoms with Crippen molar-refractivity contribution in [1.82, 2.24) is 14.9 Å². The van der Waals surface area contributed by atoms with E-state index in [0.29, 0.717) is 53.2 Å². The number of rotatable bonds is 9. The number of aromatic nitrogens is 2. The predicted octanol–water partition coefficient (Wildman–Crippen LogP) is 9.18. The molecule has 1 amide bonds. The quantitative estimate of drug-likeness (QED) is 0.146. The second-order valence-corrected chi connectivity index (χ2v) is 12.6. The highest BCUT2D eigenvalue weighted by molar-refractivity contribution is 6.31. The lowest BCUT2D eigenvalue weighted by atomic mass is 9.95. The van der Waals surface area contributed by atoms with Gasteiger partial charge in [-0.3, -0.25) is 4.79 Å². The molecule has 240 valence electrons. The summed E-state index contributed by atoms with van der Waals surface area (Å²) in [6.45, 7) is 9.71. The first kappa shape index (κ1) is 32.4. The monoisotopic (exact) mass is 665 g/mol. The summed E-state index contributed by atoms with van der Waals surface area (Å²) in [6, 6.07) is 27.0. The molecule has 6 rings (SSSR count). The summed E-state index contributed by atoms with van der Waals surface area (Å²) in [6.07, 6.45) is 4.49. The highest BCUT2D eigenvalue weighted by Gasteiger charge is 2.29. The fourth-order valence-corrected chi connectivity index (χ4v) is 6.57. The van der Waals surface area contributed by atoms with Gasteiger partial charge in [-0.15, -0.1) is 0 Å². The number of aromatic amines is 1. The predicted molar refractivity (Wildman–Crippen MR) is 194 cm³/mol. The number of pyridine rings is 1. The molecule has 1 aliphatic heterocycles. The van der Waals surface area contributed by atoms with Crippen LogP contribution in [-0.4, -0.2) is 45.1 Å². The van der Waals surface area contributed by atoms with Gasteiger partial charge in [0.25, 0.3) is 5.91 Å². The number of aliphatic hydroxyl groups is 1. The zero-order valence-electron chi connectivity index (χ0n) is 26.4. The molecule has 0 aliphatic carbocycles. The maximum atomic E-state index is 14.5. The molecule has 1 aliphatic rings. The molecule has 0 spiro atoms. The largest absolute Gasteiger partial charge is 0.393 e. The van der Waals surface area contributed by atoms with Crippen molar-refractivity contribution in [1.29, 1.82) is 0 Å². The molecule has 1 unspecified atom stereocenters. The number of anilines is 2. The summed E-state index contributed by atoms with van der Waals surface area (Å²) in [5, 5.41) is 15.3. The molecule has 47 heavy (non-hydrogen) atoms. The molecule has 0 bridgehead atoms. The van der Waals surface area contributed by atoms with E-state index in [1.54, 1.807) is 6.20 Å². The fourth-order valence-electron chi connectivity index (χ4n) is 6.28. The maximum absolute atomic E-state index is 14.5. The van der Waals surface area contributed by atoms with Crippen LogP contribution in [0.3, 0.4) is 0 Å². The molecule has 0 radical (unpaired) electrons. The van der Waals surface area contributed by atoms with Gasteiger partial charge in [0.05, 0.1) is 23.5 Å². The summed E-state index contributed by atoms with van der Waals surface area (Å²) >= 11 is 12.7. The number of fused-ring (bicyclic) bond motifs is 1. The fraction of sp³-hybridized carbons (Fsp3) is 0.211. The number of H-pyrrole nitrogens is 1. The SMILES string of the molecule is C=CN(/C(=C(\C)c1ccccc1)c1c(C(=O)Nc2cccnc2N2CCC(O)CC2)[nH]c2cc(Cl)ccc12)C(C)c1ccc(Cl)cc1. The van der Waals surface area contributed by atoms with E-state index in [-0.39, 0.29) is 18.1 Å².